The summed E-state index contributed by atoms with van der Waals surface area (Å²) in [6, 6.07) is 9.62. The van der Waals surface area contributed by atoms with E-state index in [9.17, 15) is 18.0 Å². The van der Waals surface area contributed by atoms with Gasteiger partial charge >= 0.3 is 6.18 Å². The third-order valence-corrected chi connectivity index (χ3v) is 7.97. The maximum atomic E-state index is 15.3. The van der Waals surface area contributed by atoms with Crippen LogP contribution in [0.25, 0.3) is 16.8 Å². The van der Waals surface area contributed by atoms with Crippen LogP contribution in [-0.2, 0) is 6.18 Å². The number of ether oxygens (including phenoxy) is 1. The Bertz CT molecular complexity index is 1640. The van der Waals surface area contributed by atoms with Crippen LogP contribution in [0, 0.1) is 0 Å². The molecule has 3 aromatic heterocycles. The first-order valence-corrected chi connectivity index (χ1v) is 13.1. The number of hydrogen-bond donors (Lipinski definition) is 2. The summed E-state index contributed by atoms with van der Waals surface area (Å²) in [4.78, 5) is 23.3. The van der Waals surface area contributed by atoms with Gasteiger partial charge in [-0.05, 0) is 35.6 Å². The van der Waals surface area contributed by atoms with Crippen molar-refractivity contribution in [2.24, 2.45) is 0 Å². The predicted molar refractivity (Wildman–Crippen MR) is 142 cm³/mol. The van der Waals surface area contributed by atoms with Gasteiger partial charge in [0.25, 0.3) is 5.91 Å². The molecule has 13 heteroatoms. The van der Waals surface area contributed by atoms with Crippen LogP contribution in [0.3, 0.4) is 0 Å². The van der Waals surface area contributed by atoms with Gasteiger partial charge in [-0.25, -0.2) is 18.9 Å². The zero-order valence-corrected chi connectivity index (χ0v) is 22.2. The highest BCUT2D eigenvalue weighted by Gasteiger charge is 2.41. The summed E-state index contributed by atoms with van der Waals surface area (Å²) >= 11 is 0. The lowest BCUT2D eigenvalue weighted by molar-refractivity contribution is -0.136. The van der Waals surface area contributed by atoms with Gasteiger partial charge in [0.15, 0.2) is 5.82 Å². The SMILES string of the molecule is COc1ncc(-c2cc(C(F)(F)F)c3c(N)ncnn23)cc1C(=O)NC1CN(C2CC(C)c3ccccc32)CC1F. The Morgan fingerprint density at radius 1 is 1.15 bits per heavy atom. The number of methoxy groups -OCH3 is 1. The minimum atomic E-state index is -4.73. The van der Waals surface area contributed by atoms with Crippen LogP contribution in [-0.4, -0.2) is 62.8 Å². The molecular weight excluding hydrogens is 542 g/mol. The Morgan fingerprint density at radius 3 is 2.63 bits per heavy atom. The number of fused-ring (bicyclic) bond motifs is 2. The average Bonchev–Trinajstić information content (AvgIpc) is 3.62. The summed E-state index contributed by atoms with van der Waals surface area (Å²) in [6.45, 7) is 2.63. The number of benzene rings is 1. The van der Waals surface area contributed by atoms with Crippen molar-refractivity contribution in [2.45, 2.75) is 43.7 Å². The van der Waals surface area contributed by atoms with Crippen LogP contribution < -0.4 is 15.8 Å². The zero-order chi connectivity index (χ0) is 29.1. The smallest absolute Gasteiger partial charge is 0.418 e. The van der Waals surface area contributed by atoms with E-state index in [0.717, 1.165) is 23.3 Å². The number of rotatable bonds is 5. The van der Waals surface area contributed by atoms with Crippen molar-refractivity contribution in [2.75, 3.05) is 25.9 Å². The molecule has 1 fully saturated rings. The number of nitrogens with one attached hydrogen (secondary N) is 1. The highest BCUT2D eigenvalue weighted by molar-refractivity contribution is 5.98. The van der Waals surface area contributed by atoms with E-state index in [2.05, 4.69) is 44.3 Å². The molecule has 41 heavy (non-hydrogen) atoms. The van der Waals surface area contributed by atoms with E-state index >= 15 is 4.39 Å². The molecule has 4 unspecified atom stereocenters. The fourth-order valence-electron chi connectivity index (χ4n) is 6.03. The van der Waals surface area contributed by atoms with Gasteiger partial charge in [0.05, 0.1) is 24.4 Å². The third kappa shape index (κ3) is 4.63. The largest absolute Gasteiger partial charge is 0.480 e. The minimum Gasteiger partial charge on any atom is -0.480 e. The maximum Gasteiger partial charge on any atom is 0.418 e. The molecule has 1 aliphatic carbocycles. The van der Waals surface area contributed by atoms with Gasteiger partial charge in [0, 0.05) is 30.9 Å². The highest BCUT2D eigenvalue weighted by Crippen LogP contribution is 2.44. The Labute approximate surface area is 232 Å². The number of nitrogen functional groups attached to an aromatic ring is 1. The fraction of sp³-hybridized carbons (Fsp3) is 0.357. The molecule has 4 aromatic rings. The van der Waals surface area contributed by atoms with Gasteiger partial charge in [0.2, 0.25) is 5.88 Å². The number of nitrogens with two attached hydrogens (primary N) is 1. The zero-order valence-electron chi connectivity index (χ0n) is 22.2. The second-order valence-corrected chi connectivity index (χ2v) is 10.5. The normalized spacial score (nSPS) is 22.7. The summed E-state index contributed by atoms with van der Waals surface area (Å²) in [5, 5.41) is 6.70. The number of pyridine rings is 1. The molecule has 1 aromatic carbocycles. The van der Waals surface area contributed by atoms with Gasteiger partial charge in [-0.15, -0.1) is 0 Å². The average molecular weight is 570 g/mol. The number of likely N-dealkylation sites (tertiary alicyclic amines) is 1. The van der Waals surface area contributed by atoms with E-state index in [0.29, 0.717) is 12.5 Å². The summed E-state index contributed by atoms with van der Waals surface area (Å²) < 4.78 is 62.9. The number of carbonyl (C=O) groups excluding carboxylic acids is 1. The predicted octanol–water partition coefficient (Wildman–Crippen LogP) is 4.40. The molecule has 2 aliphatic rings. The second-order valence-electron chi connectivity index (χ2n) is 10.5. The molecule has 4 atom stereocenters. The van der Waals surface area contributed by atoms with Crippen molar-refractivity contribution in [3.63, 3.8) is 0 Å². The fourth-order valence-corrected chi connectivity index (χ4v) is 6.03. The summed E-state index contributed by atoms with van der Waals surface area (Å²) in [7, 11) is 1.31. The minimum absolute atomic E-state index is 0.00458. The van der Waals surface area contributed by atoms with E-state index in [4.69, 9.17) is 10.5 Å². The van der Waals surface area contributed by atoms with Crippen molar-refractivity contribution in [1.29, 1.82) is 0 Å². The summed E-state index contributed by atoms with van der Waals surface area (Å²) in [5.74, 6) is -0.709. The van der Waals surface area contributed by atoms with Crippen LogP contribution in [0.1, 0.15) is 52.4 Å². The number of carbonyl (C=O) groups is 1. The van der Waals surface area contributed by atoms with Crippen molar-refractivity contribution in [3.05, 3.63) is 71.2 Å². The van der Waals surface area contributed by atoms with E-state index in [1.165, 1.54) is 30.5 Å². The Balaban J connectivity index is 1.28. The molecule has 1 aliphatic heterocycles. The number of aromatic nitrogens is 4. The van der Waals surface area contributed by atoms with E-state index < -0.39 is 35.4 Å². The van der Waals surface area contributed by atoms with Crippen LogP contribution in [0.2, 0.25) is 0 Å². The molecule has 0 saturated carbocycles. The number of amides is 1. The molecule has 214 valence electrons. The number of alkyl halides is 4. The van der Waals surface area contributed by atoms with Gasteiger partial charge in [0.1, 0.15) is 23.6 Å². The number of anilines is 1. The second kappa shape index (κ2) is 9.98. The monoisotopic (exact) mass is 569 g/mol. The Morgan fingerprint density at radius 2 is 1.90 bits per heavy atom. The van der Waals surface area contributed by atoms with Crippen molar-refractivity contribution < 1.29 is 27.1 Å². The summed E-state index contributed by atoms with van der Waals surface area (Å²) in [6.07, 6.45) is -2.87. The van der Waals surface area contributed by atoms with E-state index in [-0.39, 0.29) is 41.1 Å². The molecular formula is C28H27F4N7O2. The summed E-state index contributed by atoms with van der Waals surface area (Å²) in [5.41, 5.74) is 6.85. The lowest BCUT2D eigenvalue weighted by atomic mass is 10.0. The number of halogens is 4. The Kier molecular flexibility index (Phi) is 6.56. The van der Waals surface area contributed by atoms with E-state index in [1.807, 2.05) is 12.1 Å². The first kappa shape index (κ1) is 26.9. The lowest BCUT2D eigenvalue weighted by Gasteiger charge is -2.24. The van der Waals surface area contributed by atoms with Crippen molar-refractivity contribution in [1.82, 2.24) is 29.8 Å². The molecule has 0 radical (unpaired) electrons. The molecule has 0 spiro atoms. The van der Waals surface area contributed by atoms with Gasteiger partial charge < -0.3 is 15.8 Å². The topological polar surface area (TPSA) is 111 Å². The molecule has 6 rings (SSSR count). The maximum absolute atomic E-state index is 15.3. The van der Waals surface area contributed by atoms with Crippen LogP contribution >= 0.6 is 0 Å². The third-order valence-electron chi connectivity index (χ3n) is 7.97. The van der Waals surface area contributed by atoms with Gasteiger partial charge in [-0.2, -0.15) is 18.3 Å². The standard InChI is InChI=1S/C28H27F4N7O2/c1-14-7-23(17-6-4-3-5-16(14)17)38-11-20(29)21(12-38)37-26(40)18-8-15(10-34-27(18)41-2)22-9-19(28(30,31)32)24-25(33)35-13-36-39(22)24/h3-6,8-10,13-14,20-21,23H,7,11-12H2,1-2H3,(H,37,40)(H2,33,35,36). The van der Waals surface area contributed by atoms with Crippen molar-refractivity contribution in [3.8, 4) is 17.1 Å². The van der Waals surface area contributed by atoms with Crippen molar-refractivity contribution >= 4 is 17.2 Å². The van der Waals surface area contributed by atoms with Crippen LogP contribution in [0.15, 0.2) is 48.9 Å². The van der Waals surface area contributed by atoms with E-state index in [1.54, 1.807) is 0 Å². The Hall–Kier alpha value is -4.26. The lowest BCUT2D eigenvalue weighted by Crippen LogP contribution is -2.41. The van der Waals surface area contributed by atoms with Gasteiger partial charge in [-0.3, -0.25) is 9.69 Å². The molecule has 0 bridgehead atoms. The van der Waals surface area contributed by atoms with Crippen LogP contribution in [0.4, 0.5) is 23.4 Å². The molecule has 1 saturated heterocycles. The quantitative estimate of drug-likeness (QED) is 0.343. The number of nitrogens with zero attached hydrogens (tertiary/aromatic N) is 5. The molecule has 1 amide bonds. The van der Waals surface area contributed by atoms with Crippen LogP contribution in [0.5, 0.6) is 5.88 Å². The number of hydrogen-bond acceptors (Lipinski definition) is 7. The molecule has 4 heterocycles. The first-order chi connectivity index (χ1) is 19.6. The van der Waals surface area contributed by atoms with Gasteiger partial charge in [-0.1, -0.05) is 31.2 Å². The molecule has 9 nitrogen and oxygen atoms in total. The first-order valence-electron chi connectivity index (χ1n) is 13.1. The highest BCUT2D eigenvalue weighted by atomic mass is 19.4. The molecule has 3 N–H and O–H groups in total.